The largest absolute Gasteiger partial charge is 0.332 e. The molecular weight excluding hydrogens is 246 g/mol. The smallest absolute Gasteiger partial charge is 0.140 e. The lowest BCUT2D eigenvalue weighted by atomic mass is 10.1. The zero-order chi connectivity index (χ0) is 14.5. The highest BCUT2D eigenvalue weighted by atomic mass is 15.0. The highest BCUT2D eigenvalue weighted by Crippen LogP contribution is 2.21. The van der Waals surface area contributed by atoms with Gasteiger partial charge in [0.05, 0.1) is 0 Å². The van der Waals surface area contributed by atoms with Gasteiger partial charge in [-0.3, -0.25) is 0 Å². The van der Waals surface area contributed by atoms with Crippen molar-refractivity contribution in [3.63, 3.8) is 0 Å². The molecule has 1 unspecified atom stereocenters. The molecule has 2 rings (SSSR count). The summed E-state index contributed by atoms with van der Waals surface area (Å²) in [5.41, 5.74) is 2.48. The number of nitrogens with one attached hydrogen (secondary N) is 1. The molecule has 0 aliphatic carbocycles. The van der Waals surface area contributed by atoms with Crippen LogP contribution in [0, 0.1) is 11.8 Å². The third-order valence-corrected chi connectivity index (χ3v) is 3.79. The molecule has 2 aromatic rings. The summed E-state index contributed by atoms with van der Waals surface area (Å²) in [7, 11) is 0. The van der Waals surface area contributed by atoms with Gasteiger partial charge in [0, 0.05) is 30.9 Å². The van der Waals surface area contributed by atoms with Crippen molar-refractivity contribution in [3.8, 4) is 0 Å². The van der Waals surface area contributed by atoms with Crippen LogP contribution in [0.3, 0.4) is 0 Å². The van der Waals surface area contributed by atoms with Crippen molar-refractivity contribution in [1.29, 1.82) is 0 Å². The first kappa shape index (κ1) is 15.0. The van der Waals surface area contributed by atoms with E-state index < -0.39 is 0 Å². The fraction of sp³-hybridized carbons (Fsp3) is 0.588. The molecule has 0 bridgehead atoms. The van der Waals surface area contributed by atoms with Gasteiger partial charge < -0.3 is 9.88 Å². The summed E-state index contributed by atoms with van der Waals surface area (Å²) in [4.78, 5) is 4.57. The average molecular weight is 273 g/mol. The number of rotatable bonds is 7. The van der Waals surface area contributed by atoms with E-state index in [-0.39, 0.29) is 0 Å². The first-order valence-corrected chi connectivity index (χ1v) is 7.75. The third-order valence-electron chi connectivity index (χ3n) is 3.79. The van der Waals surface area contributed by atoms with E-state index in [4.69, 9.17) is 0 Å². The Balaban J connectivity index is 2.21. The maximum Gasteiger partial charge on any atom is 0.140 e. The van der Waals surface area contributed by atoms with E-state index >= 15 is 0 Å². The summed E-state index contributed by atoms with van der Waals surface area (Å²) in [6.45, 7) is 12.0. The number of hydrogen-bond donors (Lipinski definition) is 1. The van der Waals surface area contributed by atoms with Crippen LogP contribution in [0.4, 0.5) is 0 Å². The van der Waals surface area contributed by atoms with Gasteiger partial charge in [0.1, 0.15) is 5.65 Å². The molecular formula is C17H27N3. The van der Waals surface area contributed by atoms with Crippen molar-refractivity contribution in [1.82, 2.24) is 14.9 Å². The van der Waals surface area contributed by atoms with Crippen molar-refractivity contribution < 1.29 is 0 Å². The van der Waals surface area contributed by atoms with Crippen LogP contribution in [-0.2, 0) is 13.1 Å². The summed E-state index contributed by atoms with van der Waals surface area (Å²) >= 11 is 0. The monoisotopic (exact) mass is 273 g/mol. The molecule has 0 aromatic carbocycles. The number of hydrogen-bond acceptors (Lipinski definition) is 2. The molecule has 2 heterocycles. The molecule has 20 heavy (non-hydrogen) atoms. The predicted molar refractivity (Wildman–Crippen MR) is 85.7 cm³/mol. The van der Waals surface area contributed by atoms with Crippen molar-refractivity contribution in [2.24, 2.45) is 11.8 Å². The van der Waals surface area contributed by atoms with Gasteiger partial charge in [0.15, 0.2) is 0 Å². The Kier molecular flexibility index (Phi) is 5.18. The quantitative estimate of drug-likeness (QED) is 0.831. The standard InChI is InChI=1S/C17H27N3/c1-5-14(4)11-20-12-15(10-18-9-13(2)3)16-7-6-8-19-17(16)20/h6-8,12-14,18H,5,9-11H2,1-4H3. The summed E-state index contributed by atoms with van der Waals surface area (Å²) in [6, 6.07) is 4.21. The molecule has 3 nitrogen and oxygen atoms in total. The Morgan fingerprint density at radius 1 is 1.30 bits per heavy atom. The van der Waals surface area contributed by atoms with Gasteiger partial charge in [-0.1, -0.05) is 34.1 Å². The summed E-state index contributed by atoms with van der Waals surface area (Å²) < 4.78 is 2.32. The normalized spacial score (nSPS) is 13.2. The van der Waals surface area contributed by atoms with E-state index in [1.807, 2.05) is 12.3 Å². The van der Waals surface area contributed by atoms with E-state index in [2.05, 4.69) is 54.8 Å². The minimum absolute atomic E-state index is 0.682. The first-order valence-electron chi connectivity index (χ1n) is 7.75. The second kappa shape index (κ2) is 6.89. The van der Waals surface area contributed by atoms with Crippen LogP contribution in [0.2, 0.25) is 0 Å². The van der Waals surface area contributed by atoms with Crippen molar-refractivity contribution in [3.05, 3.63) is 30.1 Å². The van der Waals surface area contributed by atoms with Gasteiger partial charge in [-0.05, 0) is 36.1 Å². The summed E-state index contributed by atoms with van der Waals surface area (Å²) in [5, 5.41) is 4.82. The third kappa shape index (κ3) is 3.60. The maximum absolute atomic E-state index is 4.57. The van der Waals surface area contributed by atoms with Crippen molar-refractivity contribution in [2.75, 3.05) is 6.54 Å². The van der Waals surface area contributed by atoms with Crippen molar-refractivity contribution in [2.45, 2.75) is 47.2 Å². The lowest BCUT2D eigenvalue weighted by Gasteiger charge is -2.10. The molecule has 2 aromatic heterocycles. The van der Waals surface area contributed by atoms with E-state index in [9.17, 15) is 0 Å². The Morgan fingerprint density at radius 3 is 2.80 bits per heavy atom. The molecule has 0 aliphatic rings. The van der Waals surface area contributed by atoms with Gasteiger partial charge in [0.2, 0.25) is 0 Å². The first-order chi connectivity index (χ1) is 9.61. The van der Waals surface area contributed by atoms with Crippen LogP contribution in [0.5, 0.6) is 0 Å². The van der Waals surface area contributed by atoms with Gasteiger partial charge in [-0.15, -0.1) is 0 Å². The minimum Gasteiger partial charge on any atom is -0.332 e. The predicted octanol–water partition coefficient (Wildman–Crippen LogP) is 3.83. The molecule has 3 heteroatoms. The average Bonchev–Trinajstić information content (AvgIpc) is 2.77. The van der Waals surface area contributed by atoms with Gasteiger partial charge in [-0.2, -0.15) is 0 Å². The number of nitrogens with zero attached hydrogens (tertiary/aromatic N) is 2. The molecule has 0 aliphatic heterocycles. The Hall–Kier alpha value is -1.35. The van der Waals surface area contributed by atoms with Gasteiger partial charge in [0.25, 0.3) is 0 Å². The highest BCUT2D eigenvalue weighted by molar-refractivity contribution is 5.80. The van der Waals surface area contributed by atoms with Crippen LogP contribution < -0.4 is 5.32 Å². The maximum atomic E-state index is 4.57. The minimum atomic E-state index is 0.682. The molecule has 0 fully saturated rings. The summed E-state index contributed by atoms with van der Waals surface area (Å²) in [5.74, 6) is 1.37. The van der Waals surface area contributed by atoms with E-state index in [1.54, 1.807) is 0 Å². The molecule has 0 spiro atoms. The van der Waals surface area contributed by atoms with Crippen molar-refractivity contribution >= 4 is 11.0 Å². The lowest BCUT2D eigenvalue weighted by molar-refractivity contribution is 0.475. The molecule has 1 N–H and O–H groups in total. The topological polar surface area (TPSA) is 29.9 Å². The van der Waals surface area contributed by atoms with Crippen LogP contribution in [0.25, 0.3) is 11.0 Å². The molecule has 0 saturated carbocycles. The molecule has 0 saturated heterocycles. The lowest BCUT2D eigenvalue weighted by Crippen LogP contribution is -2.18. The Labute approximate surface area is 122 Å². The number of fused-ring (bicyclic) bond motifs is 1. The highest BCUT2D eigenvalue weighted by Gasteiger charge is 2.10. The zero-order valence-electron chi connectivity index (χ0n) is 13.2. The van der Waals surface area contributed by atoms with Crippen LogP contribution in [0.15, 0.2) is 24.5 Å². The zero-order valence-corrected chi connectivity index (χ0v) is 13.2. The molecule has 110 valence electrons. The van der Waals surface area contributed by atoms with Gasteiger partial charge >= 0.3 is 0 Å². The Bertz CT molecular complexity index is 542. The molecule has 0 radical (unpaired) electrons. The van der Waals surface area contributed by atoms with Crippen LogP contribution in [0.1, 0.15) is 39.7 Å². The summed E-state index contributed by atoms with van der Waals surface area (Å²) in [6.07, 6.45) is 5.37. The molecule has 1 atom stereocenters. The van der Waals surface area contributed by atoms with E-state index in [0.717, 1.165) is 25.3 Å². The van der Waals surface area contributed by atoms with E-state index in [1.165, 1.54) is 17.4 Å². The second-order valence-corrected chi connectivity index (χ2v) is 6.22. The van der Waals surface area contributed by atoms with Crippen LogP contribution >= 0.6 is 0 Å². The van der Waals surface area contributed by atoms with E-state index in [0.29, 0.717) is 11.8 Å². The SMILES string of the molecule is CCC(C)Cn1cc(CNCC(C)C)c2cccnc21. The Morgan fingerprint density at radius 2 is 2.10 bits per heavy atom. The van der Waals surface area contributed by atoms with Gasteiger partial charge in [-0.25, -0.2) is 4.98 Å². The number of aromatic nitrogens is 2. The number of pyridine rings is 1. The second-order valence-electron chi connectivity index (χ2n) is 6.22. The van der Waals surface area contributed by atoms with Crippen LogP contribution in [-0.4, -0.2) is 16.1 Å². The fourth-order valence-electron chi connectivity index (χ4n) is 2.44. The fourth-order valence-corrected chi connectivity index (χ4v) is 2.44. The molecule has 0 amide bonds.